The SMILES string of the molecule is O=[SH](=O)NCCC1CCN(c2ccnc3ncn(-c4ccccc4)c23)CC1. The van der Waals surface area contributed by atoms with Crippen LogP contribution in [0.5, 0.6) is 0 Å². The van der Waals surface area contributed by atoms with Crippen LogP contribution >= 0.6 is 0 Å². The van der Waals surface area contributed by atoms with E-state index in [1.54, 1.807) is 0 Å². The van der Waals surface area contributed by atoms with Gasteiger partial charge in [-0.05, 0) is 43.4 Å². The Labute approximate surface area is 160 Å². The molecule has 0 saturated carbocycles. The average Bonchev–Trinajstić information content (AvgIpc) is 3.13. The Morgan fingerprint density at radius 3 is 2.59 bits per heavy atom. The van der Waals surface area contributed by atoms with Crippen LogP contribution in [0.2, 0.25) is 0 Å². The molecule has 8 heteroatoms. The van der Waals surface area contributed by atoms with Gasteiger partial charge in [-0.15, -0.1) is 0 Å². The van der Waals surface area contributed by atoms with Crippen LogP contribution in [0.3, 0.4) is 0 Å². The molecule has 3 heterocycles. The van der Waals surface area contributed by atoms with Crippen LogP contribution < -0.4 is 9.62 Å². The molecule has 142 valence electrons. The van der Waals surface area contributed by atoms with Crippen molar-refractivity contribution in [2.75, 3.05) is 24.5 Å². The monoisotopic (exact) mass is 385 g/mol. The lowest BCUT2D eigenvalue weighted by Gasteiger charge is -2.34. The highest BCUT2D eigenvalue weighted by Crippen LogP contribution is 2.31. The molecule has 1 saturated heterocycles. The molecule has 0 atom stereocenters. The molecule has 1 aliphatic rings. The van der Waals surface area contributed by atoms with Crippen molar-refractivity contribution in [2.45, 2.75) is 19.3 Å². The molecule has 3 aromatic rings. The Morgan fingerprint density at radius 2 is 1.85 bits per heavy atom. The van der Waals surface area contributed by atoms with Gasteiger partial charge in [0, 0.05) is 31.5 Å². The maximum atomic E-state index is 10.6. The van der Waals surface area contributed by atoms with Gasteiger partial charge >= 0.3 is 0 Å². The van der Waals surface area contributed by atoms with E-state index >= 15 is 0 Å². The van der Waals surface area contributed by atoms with E-state index in [0.29, 0.717) is 12.5 Å². The normalized spacial score (nSPS) is 15.7. The van der Waals surface area contributed by atoms with E-state index in [-0.39, 0.29) is 0 Å². The van der Waals surface area contributed by atoms with Gasteiger partial charge in [-0.1, -0.05) is 18.2 Å². The Bertz CT molecular complexity index is 970. The number of benzene rings is 1. The zero-order valence-corrected chi connectivity index (χ0v) is 15.9. The summed E-state index contributed by atoms with van der Waals surface area (Å²) in [6.07, 6.45) is 6.66. The van der Waals surface area contributed by atoms with Gasteiger partial charge in [-0.25, -0.2) is 23.1 Å². The molecule has 4 rings (SSSR count). The van der Waals surface area contributed by atoms with Crippen LogP contribution in [-0.4, -0.2) is 42.6 Å². The first-order valence-corrected chi connectivity index (χ1v) is 10.4. The first-order valence-electron chi connectivity index (χ1n) is 9.22. The first-order chi connectivity index (χ1) is 13.2. The minimum Gasteiger partial charge on any atom is -0.370 e. The molecule has 7 nitrogen and oxygen atoms in total. The summed E-state index contributed by atoms with van der Waals surface area (Å²) in [6, 6.07) is 12.2. The summed E-state index contributed by atoms with van der Waals surface area (Å²) in [4.78, 5) is 11.3. The molecule has 0 amide bonds. The number of hydrogen-bond donors (Lipinski definition) is 2. The fourth-order valence-corrected chi connectivity index (χ4v) is 4.10. The number of pyridine rings is 1. The quantitative estimate of drug-likeness (QED) is 0.636. The lowest BCUT2D eigenvalue weighted by atomic mass is 9.93. The maximum Gasteiger partial charge on any atom is 0.201 e. The Hall–Kier alpha value is -2.45. The lowest BCUT2D eigenvalue weighted by Crippen LogP contribution is -2.34. The van der Waals surface area contributed by atoms with Gasteiger partial charge in [-0.2, -0.15) is 0 Å². The average molecular weight is 385 g/mol. The number of para-hydroxylation sites is 1. The van der Waals surface area contributed by atoms with E-state index in [2.05, 4.69) is 42.4 Å². The molecular weight excluding hydrogens is 362 g/mol. The summed E-state index contributed by atoms with van der Waals surface area (Å²) in [5, 5.41) is 0. The number of aromatic nitrogens is 3. The standard InChI is InChI=1S/C19H23N5O2S/c25-27(26)22-11-6-15-8-12-23(13-9-15)17-7-10-20-19-18(17)24(14-21-19)16-4-2-1-3-5-16/h1-5,7,10,14-15,27H,6,8-9,11-13H2,(H,22,25,26). The number of anilines is 1. The van der Waals surface area contributed by atoms with Gasteiger partial charge in [-0.3, -0.25) is 4.57 Å². The number of fused-ring (bicyclic) bond motifs is 1. The molecule has 1 aliphatic heterocycles. The van der Waals surface area contributed by atoms with Gasteiger partial charge < -0.3 is 4.90 Å². The van der Waals surface area contributed by atoms with E-state index in [4.69, 9.17) is 0 Å². The third-order valence-corrected chi connectivity index (χ3v) is 5.68. The van der Waals surface area contributed by atoms with E-state index in [0.717, 1.165) is 54.9 Å². The molecular formula is C19H23N5O2S. The second kappa shape index (κ2) is 8.06. The molecule has 2 aromatic heterocycles. The number of piperidine rings is 1. The Morgan fingerprint density at radius 1 is 1.07 bits per heavy atom. The van der Waals surface area contributed by atoms with Crippen molar-refractivity contribution < 1.29 is 8.42 Å². The highest BCUT2D eigenvalue weighted by atomic mass is 32.2. The predicted octanol–water partition coefficient (Wildman–Crippen LogP) is 2.14. The summed E-state index contributed by atoms with van der Waals surface area (Å²) in [6.45, 7) is 2.43. The largest absolute Gasteiger partial charge is 0.370 e. The summed E-state index contributed by atoms with van der Waals surface area (Å²) in [5.41, 5.74) is 4.01. The van der Waals surface area contributed by atoms with Crippen LogP contribution in [0.25, 0.3) is 16.9 Å². The highest BCUT2D eigenvalue weighted by Gasteiger charge is 2.22. The molecule has 0 aliphatic carbocycles. The number of nitrogens with one attached hydrogen (secondary N) is 1. The third-order valence-electron chi connectivity index (χ3n) is 5.20. The third kappa shape index (κ3) is 3.96. The molecule has 0 bridgehead atoms. The van der Waals surface area contributed by atoms with Crippen LogP contribution in [0, 0.1) is 5.92 Å². The van der Waals surface area contributed by atoms with Crippen LogP contribution in [0.15, 0.2) is 48.9 Å². The first kappa shape index (κ1) is 17.9. The second-order valence-corrected chi connectivity index (χ2v) is 7.67. The Kier molecular flexibility index (Phi) is 5.35. The molecule has 0 radical (unpaired) electrons. The summed E-state index contributed by atoms with van der Waals surface area (Å²) < 4.78 is 25.9. The summed E-state index contributed by atoms with van der Waals surface area (Å²) in [7, 11) is -2.49. The maximum absolute atomic E-state index is 10.6. The predicted molar refractivity (Wildman–Crippen MR) is 107 cm³/mol. The number of rotatable bonds is 6. The number of hydrogen-bond acceptors (Lipinski definition) is 5. The zero-order valence-electron chi connectivity index (χ0n) is 15.0. The van der Waals surface area contributed by atoms with E-state index < -0.39 is 10.9 Å². The second-order valence-electron chi connectivity index (χ2n) is 6.84. The summed E-state index contributed by atoms with van der Waals surface area (Å²) in [5.74, 6) is 0.556. The molecule has 0 spiro atoms. The van der Waals surface area contributed by atoms with Crippen LogP contribution in [0.4, 0.5) is 5.69 Å². The van der Waals surface area contributed by atoms with Gasteiger partial charge in [0.15, 0.2) is 5.65 Å². The molecule has 1 fully saturated rings. The van der Waals surface area contributed by atoms with Crippen molar-refractivity contribution >= 4 is 27.7 Å². The van der Waals surface area contributed by atoms with Crippen LogP contribution in [-0.2, 0) is 10.9 Å². The summed E-state index contributed by atoms with van der Waals surface area (Å²) >= 11 is 0. The van der Waals surface area contributed by atoms with Crippen molar-refractivity contribution in [3.8, 4) is 5.69 Å². The smallest absolute Gasteiger partial charge is 0.201 e. The van der Waals surface area contributed by atoms with E-state index in [1.165, 1.54) is 0 Å². The lowest BCUT2D eigenvalue weighted by molar-refractivity contribution is 0.382. The fraction of sp³-hybridized carbons (Fsp3) is 0.368. The van der Waals surface area contributed by atoms with Crippen LogP contribution in [0.1, 0.15) is 19.3 Å². The van der Waals surface area contributed by atoms with E-state index in [1.807, 2.05) is 30.7 Å². The van der Waals surface area contributed by atoms with Crippen molar-refractivity contribution in [3.63, 3.8) is 0 Å². The molecule has 27 heavy (non-hydrogen) atoms. The minimum absolute atomic E-state index is 0.531. The van der Waals surface area contributed by atoms with Crippen molar-refractivity contribution in [3.05, 3.63) is 48.9 Å². The zero-order chi connectivity index (χ0) is 18.6. The van der Waals surface area contributed by atoms with Crippen molar-refractivity contribution in [1.82, 2.24) is 19.3 Å². The number of imidazole rings is 1. The number of thiol groups is 1. The molecule has 0 unspecified atom stereocenters. The van der Waals surface area contributed by atoms with Gasteiger partial charge in [0.05, 0.1) is 5.69 Å². The topological polar surface area (TPSA) is 80.1 Å². The Balaban J connectivity index is 1.54. The van der Waals surface area contributed by atoms with Gasteiger partial charge in [0.1, 0.15) is 11.8 Å². The highest BCUT2D eigenvalue weighted by molar-refractivity contribution is 7.70. The van der Waals surface area contributed by atoms with E-state index in [9.17, 15) is 8.42 Å². The van der Waals surface area contributed by atoms with Crippen molar-refractivity contribution in [1.29, 1.82) is 0 Å². The van der Waals surface area contributed by atoms with Gasteiger partial charge in [0.2, 0.25) is 10.9 Å². The molecule has 1 aromatic carbocycles. The number of nitrogens with zero attached hydrogens (tertiary/aromatic N) is 4. The fourth-order valence-electron chi connectivity index (χ4n) is 3.79. The van der Waals surface area contributed by atoms with Gasteiger partial charge in [0.25, 0.3) is 0 Å². The molecule has 1 N–H and O–H groups in total. The minimum atomic E-state index is -2.49. The van der Waals surface area contributed by atoms with Crippen molar-refractivity contribution in [2.24, 2.45) is 5.92 Å².